The first kappa shape index (κ1) is 14.3. The molecule has 3 heteroatoms. The van der Waals surface area contributed by atoms with E-state index in [2.05, 4.69) is 52.2 Å². The number of ether oxygens (including phenoxy) is 1. The van der Waals surface area contributed by atoms with Crippen molar-refractivity contribution < 1.29 is 4.74 Å². The maximum absolute atomic E-state index is 6.42. The summed E-state index contributed by atoms with van der Waals surface area (Å²) in [5, 5.41) is 7.40. The molecule has 106 valence electrons. The third kappa shape index (κ3) is 3.25. The van der Waals surface area contributed by atoms with Gasteiger partial charge in [0.15, 0.2) is 0 Å². The standard InChI is InChI=1S/C15H30N2O/c1-11(2)7-12-8-16-15(18-12)9-13(3,4)17-14(5,6)10-15/h11-12,16-17H,7-10H2,1-6H3. The fourth-order valence-corrected chi connectivity index (χ4v) is 4.06. The molecule has 2 aliphatic rings. The van der Waals surface area contributed by atoms with E-state index in [-0.39, 0.29) is 16.8 Å². The van der Waals surface area contributed by atoms with Gasteiger partial charge in [0.2, 0.25) is 0 Å². The molecule has 2 N–H and O–H groups in total. The Morgan fingerprint density at radius 1 is 1.11 bits per heavy atom. The molecule has 0 aromatic rings. The molecule has 0 bridgehead atoms. The van der Waals surface area contributed by atoms with E-state index in [0.29, 0.717) is 12.0 Å². The van der Waals surface area contributed by atoms with Gasteiger partial charge in [-0.2, -0.15) is 0 Å². The number of nitrogens with one attached hydrogen (secondary N) is 2. The summed E-state index contributed by atoms with van der Waals surface area (Å²) in [4.78, 5) is 0. The van der Waals surface area contributed by atoms with Crippen LogP contribution in [0, 0.1) is 5.92 Å². The Labute approximate surface area is 112 Å². The van der Waals surface area contributed by atoms with Gasteiger partial charge in [-0.25, -0.2) is 0 Å². The Hall–Kier alpha value is -0.120. The van der Waals surface area contributed by atoms with Gasteiger partial charge in [0.25, 0.3) is 0 Å². The molecule has 0 saturated carbocycles. The highest BCUT2D eigenvalue weighted by atomic mass is 16.5. The van der Waals surface area contributed by atoms with Crippen LogP contribution >= 0.6 is 0 Å². The highest BCUT2D eigenvalue weighted by molar-refractivity contribution is 5.06. The van der Waals surface area contributed by atoms with Gasteiger partial charge in [-0.3, -0.25) is 5.32 Å². The zero-order chi connectivity index (χ0) is 13.6. The molecule has 18 heavy (non-hydrogen) atoms. The average Bonchev–Trinajstić information content (AvgIpc) is 2.39. The molecule has 2 rings (SSSR count). The molecule has 0 amide bonds. The summed E-state index contributed by atoms with van der Waals surface area (Å²) in [6.07, 6.45) is 3.62. The molecule has 3 nitrogen and oxygen atoms in total. The first-order valence-corrected chi connectivity index (χ1v) is 7.34. The second kappa shape index (κ2) is 4.46. The fraction of sp³-hybridized carbons (Fsp3) is 1.00. The highest BCUT2D eigenvalue weighted by Gasteiger charge is 2.51. The van der Waals surface area contributed by atoms with E-state index in [4.69, 9.17) is 4.74 Å². The van der Waals surface area contributed by atoms with Crippen LogP contribution in [0.5, 0.6) is 0 Å². The van der Waals surface area contributed by atoms with Crippen molar-refractivity contribution >= 4 is 0 Å². The normalized spacial score (nSPS) is 33.2. The Morgan fingerprint density at radius 3 is 2.17 bits per heavy atom. The molecule has 1 unspecified atom stereocenters. The third-order valence-corrected chi connectivity index (χ3v) is 3.91. The predicted octanol–water partition coefficient (Wildman–Crippen LogP) is 2.66. The van der Waals surface area contributed by atoms with E-state index in [9.17, 15) is 0 Å². The van der Waals surface area contributed by atoms with E-state index in [0.717, 1.165) is 25.8 Å². The molecule has 0 aliphatic carbocycles. The number of rotatable bonds is 2. The SMILES string of the molecule is CC(C)CC1CNC2(CC(C)(C)NC(C)(C)C2)O1. The second-order valence-electron chi connectivity index (χ2n) is 7.99. The van der Waals surface area contributed by atoms with E-state index in [1.807, 2.05) is 0 Å². The van der Waals surface area contributed by atoms with Crippen molar-refractivity contribution in [1.82, 2.24) is 10.6 Å². The Morgan fingerprint density at radius 2 is 1.67 bits per heavy atom. The van der Waals surface area contributed by atoms with Gasteiger partial charge in [0.1, 0.15) is 5.72 Å². The first-order chi connectivity index (χ1) is 8.12. The molecular formula is C15H30N2O. The number of hydrogen-bond donors (Lipinski definition) is 2. The van der Waals surface area contributed by atoms with E-state index >= 15 is 0 Å². The minimum absolute atomic E-state index is 0.113. The Bertz CT molecular complexity index is 294. The number of piperidine rings is 1. The minimum atomic E-state index is -0.113. The molecule has 1 atom stereocenters. The van der Waals surface area contributed by atoms with Gasteiger partial charge >= 0.3 is 0 Å². The lowest BCUT2D eigenvalue weighted by Crippen LogP contribution is -2.66. The average molecular weight is 254 g/mol. The summed E-state index contributed by atoms with van der Waals surface area (Å²) in [6, 6.07) is 0. The predicted molar refractivity (Wildman–Crippen MR) is 75.6 cm³/mol. The van der Waals surface area contributed by atoms with Crippen molar-refractivity contribution in [3.63, 3.8) is 0 Å². The van der Waals surface area contributed by atoms with Crippen LogP contribution in [0.4, 0.5) is 0 Å². The molecular weight excluding hydrogens is 224 g/mol. The highest BCUT2D eigenvalue weighted by Crippen LogP contribution is 2.40. The van der Waals surface area contributed by atoms with Crippen molar-refractivity contribution in [2.24, 2.45) is 5.92 Å². The van der Waals surface area contributed by atoms with Crippen LogP contribution in [0.1, 0.15) is 60.8 Å². The van der Waals surface area contributed by atoms with Crippen LogP contribution in [0.25, 0.3) is 0 Å². The van der Waals surface area contributed by atoms with Crippen molar-refractivity contribution in [1.29, 1.82) is 0 Å². The van der Waals surface area contributed by atoms with Crippen LogP contribution in [-0.2, 0) is 4.74 Å². The van der Waals surface area contributed by atoms with Gasteiger partial charge in [-0.1, -0.05) is 13.8 Å². The summed E-state index contributed by atoms with van der Waals surface area (Å²) in [5.41, 5.74) is 0.140. The molecule has 0 aromatic carbocycles. The quantitative estimate of drug-likeness (QED) is 0.795. The third-order valence-electron chi connectivity index (χ3n) is 3.91. The molecule has 1 spiro atoms. The van der Waals surface area contributed by atoms with E-state index < -0.39 is 0 Å². The van der Waals surface area contributed by atoms with Crippen molar-refractivity contribution in [2.45, 2.75) is 83.7 Å². The Kier molecular flexibility index (Phi) is 3.54. The van der Waals surface area contributed by atoms with Crippen molar-refractivity contribution in [2.75, 3.05) is 6.54 Å². The van der Waals surface area contributed by atoms with Gasteiger partial charge in [-0.15, -0.1) is 0 Å². The second-order valence-corrected chi connectivity index (χ2v) is 7.99. The Balaban J connectivity index is 2.08. The lowest BCUT2D eigenvalue weighted by atomic mass is 9.77. The summed E-state index contributed by atoms with van der Waals surface area (Å²) < 4.78 is 6.42. The topological polar surface area (TPSA) is 33.3 Å². The molecule has 2 heterocycles. The maximum Gasteiger partial charge on any atom is 0.123 e. The first-order valence-electron chi connectivity index (χ1n) is 7.34. The smallest absolute Gasteiger partial charge is 0.123 e. The van der Waals surface area contributed by atoms with Crippen LogP contribution in [0.2, 0.25) is 0 Å². The van der Waals surface area contributed by atoms with Crippen LogP contribution in [0.3, 0.4) is 0 Å². The monoisotopic (exact) mass is 254 g/mol. The zero-order valence-electron chi connectivity index (χ0n) is 12.9. The van der Waals surface area contributed by atoms with Gasteiger partial charge < -0.3 is 10.1 Å². The van der Waals surface area contributed by atoms with Gasteiger partial charge in [0.05, 0.1) is 6.10 Å². The fourth-order valence-electron chi connectivity index (χ4n) is 4.06. The van der Waals surface area contributed by atoms with Crippen LogP contribution < -0.4 is 10.6 Å². The minimum Gasteiger partial charge on any atom is -0.356 e. The van der Waals surface area contributed by atoms with E-state index in [1.54, 1.807) is 0 Å². The maximum atomic E-state index is 6.42. The van der Waals surface area contributed by atoms with Crippen LogP contribution in [0.15, 0.2) is 0 Å². The van der Waals surface area contributed by atoms with Crippen molar-refractivity contribution in [3.8, 4) is 0 Å². The summed E-state index contributed by atoms with van der Waals surface area (Å²) in [7, 11) is 0. The summed E-state index contributed by atoms with van der Waals surface area (Å²) in [5.74, 6) is 0.703. The number of hydrogen-bond acceptors (Lipinski definition) is 3. The summed E-state index contributed by atoms with van der Waals surface area (Å²) in [6.45, 7) is 14.6. The van der Waals surface area contributed by atoms with Crippen LogP contribution in [-0.4, -0.2) is 29.5 Å². The lowest BCUT2D eigenvalue weighted by Gasteiger charge is -2.51. The van der Waals surface area contributed by atoms with Gasteiger partial charge in [0, 0.05) is 30.5 Å². The molecule has 2 fully saturated rings. The largest absolute Gasteiger partial charge is 0.356 e. The summed E-state index contributed by atoms with van der Waals surface area (Å²) >= 11 is 0. The molecule has 0 aromatic heterocycles. The molecule has 2 saturated heterocycles. The molecule has 0 radical (unpaired) electrons. The molecule has 2 aliphatic heterocycles. The lowest BCUT2D eigenvalue weighted by molar-refractivity contribution is -0.114. The van der Waals surface area contributed by atoms with E-state index in [1.165, 1.54) is 0 Å². The zero-order valence-corrected chi connectivity index (χ0v) is 12.9. The van der Waals surface area contributed by atoms with Gasteiger partial charge in [-0.05, 0) is 40.0 Å². The van der Waals surface area contributed by atoms with Crippen molar-refractivity contribution in [3.05, 3.63) is 0 Å².